The lowest BCUT2D eigenvalue weighted by atomic mass is 9.99. The lowest BCUT2D eigenvalue weighted by molar-refractivity contribution is 0.112. The van der Waals surface area contributed by atoms with Gasteiger partial charge in [-0.2, -0.15) is 0 Å². The summed E-state index contributed by atoms with van der Waals surface area (Å²) < 4.78 is 5.61. The van der Waals surface area contributed by atoms with Crippen molar-refractivity contribution >= 4 is 28.3 Å². The van der Waals surface area contributed by atoms with Gasteiger partial charge >= 0.3 is 6.09 Å². The van der Waals surface area contributed by atoms with Gasteiger partial charge in [0, 0.05) is 48.0 Å². The number of aromatic nitrogens is 1. The van der Waals surface area contributed by atoms with E-state index in [-0.39, 0.29) is 12.2 Å². The zero-order valence-electron chi connectivity index (χ0n) is 15.7. The molecule has 1 N–H and O–H groups in total. The van der Waals surface area contributed by atoms with Crippen LogP contribution in [0.5, 0.6) is 0 Å². The molecular formula is C23H23N3O2. The number of fused-ring (bicyclic) bond motifs is 1. The smallest absolute Gasteiger partial charge is 0.414 e. The largest absolute Gasteiger partial charge is 0.443 e. The van der Waals surface area contributed by atoms with Gasteiger partial charge in [0.15, 0.2) is 0 Å². The maximum absolute atomic E-state index is 12.2. The van der Waals surface area contributed by atoms with E-state index in [1.165, 1.54) is 22.0 Å². The molecule has 3 aromatic rings. The quantitative estimate of drug-likeness (QED) is 0.742. The molecule has 5 rings (SSSR count). The second kappa shape index (κ2) is 7.17. The Kier molecular flexibility index (Phi) is 4.37. The Morgan fingerprint density at radius 2 is 1.89 bits per heavy atom. The molecule has 2 aromatic carbocycles. The molecule has 28 heavy (non-hydrogen) atoms. The standard InChI is InChI=1S/C23H23N3O2/c27-23-26(18-6-2-1-3-7-18)16-19(28-23)15-25-12-10-17(11-13-25)21-14-24-22-9-5-4-8-20(21)22/h1-10,14,19,24H,11-13,15-16H2. The molecule has 5 nitrogen and oxygen atoms in total. The molecule has 1 saturated heterocycles. The van der Waals surface area contributed by atoms with Crippen molar-refractivity contribution in [2.45, 2.75) is 12.5 Å². The summed E-state index contributed by atoms with van der Waals surface area (Å²) in [5.41, 5.74) is 4.77. The Labute approximate surface area is 164 Å². The number of hydrogen-bond donors (Lipinski definition) is 1. The average Bonchev–Trinajstić information content (AvgIpc) is 3.33. The molecule has 0 spiro atoms. The van der Waals surface area contributed by atoms with Crippen molar-refractivity contribution in [3.8, 4) is 0 Å². The normalized spacial score (nSPS) is 20.4. The minimum atomic E-state index is -0.247. The zero-order chi connectivity index (χ0) is 18.9. The van der Waals surface area contributed by atoms with E-state index in [0.717, 1.165) is 31.7 Å². The van der Waals surface area contributed by atoms with Crippen molar-refractivity contribution in [3.63, 3.8) is 0 Å². The van der Waals surface area contributed by atoms with Crippen LogP contribution in [0.4, 0.5) is 10.5 Å². The Bertz CT molecular complexity index is 1020. The Balaban J connectivity index is 1.23. The molecule has 1 atom stereocenters. The van der Waals surface area contributed by atoms with Gasteiger partial charge < -0.3 is 9.72 Å². The highest BCUT2D eigenvalue weighted by Gasteiger charge is 2.33. The molecule has 0 bridgehead atoms. The summed E-state index contributed by atoms with van der Waals surface area (Å²) in [5, 5.41) is 1.28. The summed E-state index contributed by atoms with van der Waals surface area (Å²) in [5.74, 6) is 0. The first-order valence-electron chi connectivity index (χ1n) is 9.79. The van der Waals surface area contributed by atoms with Crippen molar-refractivity contribution in [1.29, 1.82) is 0 Å². The van der Waals surface area contributed by atoms with E-state index in [9.17, 15) is 4.79 Å². The molecule has 5 heteroatoms. The lowest BCUT2D eigenvalue weighted by Gasteiger charge is -2.27. The van der Waals surface area contributed by atoms with Gasteiger partial charge in [-0.3, -0.25) is 9.80 Å². The molecule has 142 valence electrons. The highest BCUT2D eigenvalue weighted by Crippen LogP contribution is 2.29. The van der Waals surface area contributed by atoms with Gasteiger partial charge in [0.25, 0.3) is 0 Å². The molecule has 1 unspecified atom stereocenters. The highest BCUT2D eigenvalue weighted by atomic mass is 16.6. The predicted molar refractivity (Wildman–Crippen MR) is 111 cm³/mol. The summed E-state index contributed by atoms with van der Waals surface area (Å²) in [4.78, 5) is 19.7. The van der Waals surface area contributed by atoms with Crippen LogP contribution in [0.2, 0.25) is 0 Å². The minimum absolute atomic E-state index is 0.0873. The number of nitrogens with zero attached hydrogens (tertiary/aromatic N) is 2. The summed E-state index contributed by atoms with van der Waals surface area (Å²) in [6, 6.07) is 18.2. The van der Waals surface area contributed by atoms with E-state index in [1.807, 2.05) is 30.3 Å². The highest BCUT2D eigenvalue weighted by molar-refractivity contribution is 5.92. The van der Waals surface area contributed by atoms with Crippen LogP contribution in [0, 0.1) is 0 Å². The number of para-hydroxylation sites is 2. The Hall–Kier alpha value is -3.05. The van der Waals surface area contributed by atoms with Crippen LogP contribution in [0.25, 0.3) is 16.5 Å². The predicted octanol–water partition coefficient (Wildman–Crippen LogP) is 4.28. The molecule has 0 radical (unpaired) electrons. The second-order valence-corrected chi connectivity index (χ2v) is 7.44. The van der Waals surface area contributed by atoms with Crippen LogP contribution in [0.15, 0.2) is 66.9 Å². The lowest BCUT2D eigenvalue weighted by Crippen LogP contribution is -2.37. The van der Waals surface area contributed by atoms with E-state index >= 15 is 0 Å². The molecule has 1 fully saturated rings. The number of aromatic amines is 1. The number of carbonyl (C=O) groups is 1. The number of carbonyl (C=O) groups excluding carboxylic acids is 1. The van der Waals surface area contributed by atoms with E-state index in [0.29, 0.717) is 6.54 Å². The zero-order valence-corrected chi connectivity index (χ0v) is 15.7. The van der Waals surface area contributed by atoms with Crippen LogP contribution in [0.3, 0.4) is 0 Å². The number of ether oxygens (including phenoxy) is 1. The number of H-pyrrole nitrogens is 1. The molecule has 0 aliphatic carbocycles. The number of benzene rings is 2. The third-order valence-electron chi connectivity index (χ3n) is 5.63. The third kappa shape index (κ3) is 3.18. The van der Waals surface area contributed by atoms with Crippen LogP contribution < -0.4 is 4.90 Å². The fourth-order valence-electron chi connectivity index (χ4n) is 4.18. The van der Waals surface area contributed by atoms with Gasteiger partial charge in [-0.05, 0) is 30.2 Å². The van der Waals surface area contributed by atoms with E-state index in [1.54, 1.807) is 4.90 Å². The Morgan fingerprint density at radius 3 is 2.71 bits per heavy atom. The Morgan fingerprint density at radius 1 is 1.07 bits per heavy atom. The van der Waals surface area contributed by atoms with Crippen molar-refractivity contribution in [1.82, 2.24) is 9.88 Å². The van der Waals surface area contributed by atoms with Crippen molar-refractivity contribution in [2.24, 2.45) is 0 Å². The van der Waals surface area contributed by atoms with Gasteiger partial charge in [-0.25, -0.2) is 4.79 Å². The summed E-state index contributed by atoms with van der Waals surface area (Å²) >= 11 is 0. The van der Waals surface area contributed by atoms with Crippen LogP contribution in [0.1, 0.15) is 12.0 Å². The third-order valence-corrected chi connectivity index (χ3v) is 5.63. The monoisotopic (exact) mass is 373 g/mol. The van der Waals surface area contributed by atoms with E-state index in [4.69, 9.17) is 4.74 Å². The van der Waals surface area contributed by atoms with Gasteiger partial charge in [-0.1, -0.05) is 42.5 Å². The van der Waals surface area contributed by atoms with Crippen LogP contribution in [-0.2, 0) is 4.74 Å². The fraction of sp³-hybridized carbons (Fsp3) is 0.261. The van der Waals surface area contributed by atoms with Crippen LogP contribution in [-0.4, -0.2) is 48.3 Å². The maximum Gasteiger partial charge on any atom is 0.414 e. The average molecular weight is 373 g/mol. The second-order valence-electron chi connectivity index (χ2n) is 7.44. The fourth-order valence-corrected chi connectivity index (χ4v) is 4.18. The molecular weight excluding hydrogens is 350 g/mol. The molecule has 2 aliphatic heterocycles. The number of cyclic esters (lactones) is 1. The number of nitrogens with one attached hydrogen (secondary N) is 1. The van der Waals surface area contributed by atoms with E-state index in [2.05, 4.69) is 46.4 Å². The van der Waals surface area contributed by atoms with Crippen molar-refractivity contribution in [2.75, 3.05) is 31.1 Å². The van der Waals surface area contributed by atoms with Gasteiger partial charge in [-0.15, -0.1) is 0 Å². The van der Waals surface area contributed by atoms with E-state index < -0.39 is 0 Å². The molecule has 1 amide bonds. The minimum Gasteiger partial charge on any atom is -0.443 e. The number of amides is 1. The van der Waals surface area contributed by atoms with Crippen molar-refractivity contribution in [3.05, 3.63) is 72.4 Å². The summed E-state index contributed by atoms with van der Waals surface area (Å²) in [7, 11) is 0. The molecule has 1 aromatic heterocycles. The molecule has 3 heterocycles. The summed E-state index contributed by atoms with van der Waals surface area (Å²) in [6.07, 6.45) is 5.09. The first-order chi connectivity index (χ1) is 13.8. The van der Waals surface area contributed by atoms with Gasteiger partial charge in [0.2, 0.25) is 0 Å². The number of rotatable bonds is 4. The number of anilines is 1. The molecule has 0 saturated carbocycles. The topological polar surface area (TPSA) is 48.6 Å². The first-order valence-corrected chi connectivity index (χ1v) is 9.79. The van der Waals surface area contributed by atoms with Crippen molar-refractivity contribution < 1.29 is 9.53 Å². The molecule has 2 aliphatic rings. The van der Waals surface area contributed by atoms with Crippen LogP contribution >= 0.6 is 0 Å². The SMILES string of the molecule is O=C1OC(CN2CC=C(c3c[nH]c4ccccc34)CC2)CN1c1ccccc1. The maximum atomic E-state index is 12.2. The first kappa shape index (κ1) is 17.1. The number of hydrogen-bond acceptors (Lipinski definition) is 3. The summed E-state index contributed by atoms with van der Waals surface area (Å²) in [6.45, 7) is 3.24. The van der Waals surface area contributed by atoms with Gasteiger partial charge in [0.1, 0.15) is 6.10 Å². The van der Waals surface area contributed by atoms with Gasteiger partial charge in [0.05, 0.1) is 6.54 Å².